The van der Waals surface area contributed by atoms with E-state index >= 15 is 0 Å². The number of rotatable bonds is 6. The van der Waals surface area contributed by atoms with E-state index < -0.39 is 6.04 Å². The Morgan fingerprint density at radius 2 is 1.85 bits per heavy atom. The van der Waals surface area contributed by atoms with Gasteiger partial charge in [-0.2, -0.15) is 0 Å². The second kappa shape index (κ2) is 7.99. The first-order chi connectivity index (χ1) is 12.5. The van der Waals surface area contributed by atoms with Gasteiger partial charge in [0.2, 0.25) is 11.8 Å². The molecule has 26 heavy (non-hydrogen) atoms. The van der Waals surface area contributed by atoms with Crippen LogP contribution in [0.25, 0.3) is 0 Å². The number of nitrogens with zero attached hydrogens (tertiary/aromatic N) is 1. The van der Waals surface area contributed by atoms with E-state index in [1.54, 1.807) is 24.0 Å². The van der Waals surface area contributed by atoms with Crippen molar-refractivity contribution >= 4 is 23.2 Å². The van der Waals surface area contributed by atoms with Gasteiger partial charge >= 0.3 is 0 Å². The standard InChI is InChI=1S/C20H22FN3O2/c1-14(20(26)22-13-15-4-6-16(21)7-5-15)23-17-8-10-18(11-9-17)24-12-2-3-19(24)25/h4-11,14,23H,2-3,12-13H2,1H3,(H,22,26). The molecule has 0 spiro atoms. The lowest BCUT2D eigenvalue weighted by Crippen LogP contribution is -2.37. The molecular weight excluding hydrogens is 333 g/mol. The zero-order valence-electron chi connectivity index (χ0n) is 14.7. The molecule has 5 nitrogen and oxygen atoms in total. The lowest BCUT2D eigenvalue weighted by Gasteiger charge is -2.18. The minimum absolute atomic E-state index is 0.145. The molecule has 1 unspecified atom stereocenters. The molecule has 2 N–H and O–H groups in total. The van der Waals surface area contributed by atoms with Crippen LogP contribution in [0.3, 0.4) is 0 Å². The highest BCUT2D eigenvalue weighted by Gasteiger charge is 2.21. The summed E-state index contributed by atoms with van der Waals surface area (Å²) in [6.45, 7) is 2.88. The van der Waals surface area contributed by atoms with Crippen molar-refractivity contribution in [3.05, 3.63) is 59.9 Å². The first-order valence-electron chi connectivity index (χ1n) is 8.72. The number of benzene rings is 2. The average molecular weight is 355 g/mol. The van der Waals surface area contributed by atoms with Crippen LogP contribution >= 0.6 is 0 Å². The zero-order valence-corrected chi connectivity index (χ0v) is 14.7. The van der Waals surface area contributed by atoms with Crippen molar-refractivity contribution in [1.29, 1.82) is 0 Å². The number of carbonyl (C=O) groups is 2. The third kappa shape index (κ3) is 4.39. The van der Waals surface area contributed by atoms with Crippen LogP contribution in [0.5, 0.6) is 0 Å². The molecule has 2 amide bonds. The summed E-state index contributed by atoms with van der Waals surface area (Å²) in [6.07, 6.45) is 1.50. The Balaban J connectivity index is 1.51. The van der Waals surface area contributed by atoms with Gasteiger partial charge in [-0.05, 0) is 55.3 Å². The number of anilines is 2. The molecule has 1 heterocycles. The first-order valence-corrected chi connectivity index (χ1v) is 8.72. The van der Waals surface area contributed by atoms with Gasteiger partial charge in [-0.3, -0.25) is 9.59 Å². The van der Waals surface area contributed by atoms with Gasteiger partial charge in [0, 0.05) is 30.9 Å². The molecule has 0 aliphatic carbocycles. The quantitative estimate of drug-likeness (QED) is 0.837. The fraction of sp³-hybridized carbons (Fsp3) is 0.300. The average Bonchev–Trinajstić information content (AvgIpc) is 3.07. The maximum Gasteiger partial charge on any atom is 0.242 e. The lowest BCUT2D eigenvalue weighted by molar-refractivity contribution is -0.121. The van der Waals surface area contributed by atoms with Gasteiger partial charge in [0.05, 0.1) is 0 Å². The predicted molar refractivity (Wildman–Crippen MR) is 99.4 cm³/mol. The topological polar surface area (TPSA) is 61.4 Å². The van der Waals surface area contributed by atoms with Crippen LogP contribution in [0, 0.1) is 5.82 Å². The van der Waals surface area contributed by atoms with Gasteiger partial charge in [0.15, 0.2) is 0 Å². The minimum Gasteiger partial charge on any atom is -0.374 e. The highest BCUT2D eigenvalue weighted by molar-refractivity contribution is 5.95. The van der Waals surface area contributed by atoms with Crippen molar-refractivity contribution in [3.63, 3.8) is 0 Å². The van der Waals surface area contributed by atoms with Crippen molar-refractivity contribution in [1.82, 2.24) is 5.32 Å². The van der Waals surface area contributed by atoms with Crippen LogP contribution in [0.4, 0.5) is 15.8 Å². The fourth-order valence-electron chi connectivity index (χ4n) is 2.92. The molecule has 2 aromatic rings. The van der Waals surface area contributed by atoms with Crippen molar-refractivity contribution in [2.75, 3.05) is 16.8 Å². The van der Waals surface area contributed by atoms with Gasteiger partial charge in [-0.1, -0.05) is 12.1 Å². The summed E-state index contributed by atoms with van der Waals surface area (Å²) in [7, 11) is 0. The van der Waals surface area contributed by atoms with Crippen LogP contribution < -0.4 is 15.5 Å². The molecule has 6 heteroatoms. The van der Waals surface area contributed by atoms with Crippen LogP contribution in [0.1, 0.15) is 25.3 Å². The molecule has 1 aliphatic heterocycles. The Labute approximate surface area is 152 Å². The smallest absolute Gasteiger partial charge is 0.242 e. The lowest BCUT2D eigenvalue weighted by atomic mass is 10.2. The normalized spacial score (nSPS) is 15.0. The Morgan fingerprint density at radius 3 is 2.46 bits per heavy atom. The predicted octanol–water partition coefficient (Wildman–Crippen LogP) is 3.07. The van der Waals surface area contributed by atoms with E-state index in [2.05, 4.69) is 10.6 Å². The molecule has 0 radical (unpaired) electrons. The Morgan fingerprint density at radius 1 is 1.15 bits per heavy atom. The van der Waals surface area contributed by atoms with Crippen molar-refractivity contribution in [3.8, 4) is 0 Å². The van der Waals surface area contributed by atoms with E-state index in [9.17, 15) is 14.0 Å². The second-order valence-electron chi connectivity index (χ2n) is 6.41. The molecular formula is C20H22FN3O2. The fourth-order valence-corrected chi connectivity index (χ4v) is 2.92. The van der Waals surface area contributed by atoms with Gasteiger partial charge in [-0.15, -0.1) is 0 Å². The number of nitrogens with one attached hydrogen (secondary N) is 2. The van der Waals surface area contributed by atoms with Crippen LogP contribution in [0.15, 0.2) is 48.5 Å². The van der Waals surface area contributed by atoms with E-state index in [1.807, 2.05) is 24.3 Å². The van der Waals surface area contributed by atoms with Crippen LogP contribution in [-0.2, 0) is 16.1 Å². The Hall–Kier alpha value is -2.89. The first kappa shape index (κ1) is 17.9. The Bertz CT molecular complexity index is 775. The number of carbonyl (C=O) groups excluding carboxylic acids is 2. The van der Waals surface area contributed by atoms with Gasteiger partial charge in [0.1, 0.15) is 11.9 Å². The van der Waals surface area contributed by atoms with E-state index in [-0.39, 0.29) is 17.6 Å². The molecule has 136 valence electrons. The van der Waals surface area contributed by atoms with Crippen LogP contribution in [-0.4, -0.2) is 24.4 Å². The number of halogens is 1. The molecule has 1 fully saturated rings. The number of amides is 2. The Kier molecular flexibility index (Phi) is 5.51. The molecule has 1 aliphatic rings. The van der Waals surface area contributed by atoms with Gasteiger partial charge < -0.3 is 15.5 Å². The molecule has 1 saturated heterocycles. The highest BCUT2D eigenvalue weighted by Crippen LogP contribution is 2.23. The number of hydrogen-bond donors (Lipinski definition) is 2. The third-order valence-electron chi connectivity index (χ3n) is 4.41. The largest absolute Gasteiger partial charge is 0.374 e. The van der Waals surface area contributed by atoms with Crippen molar-refractivity contribution < 1.29 is 14.0 Å². The maximum atomic E-state index is 12.9. The summed E-state index contributed by atoms with van der Waals surface area (Å²) in [5.74, 6) is -0.290. The molecule has 2 aromatic carbocycles. The van der Waals surface area contributed by atoms with E-state index in [0.29, 0.717) is 13.0 Å². The molecule has 0 saturated carbocycles. The maximum absolute atomic E-state index is 12.9. The van der Waals surface area contributed by atoms with E-state index in [0.717, 1.165) is 29.9 Å². The van der Waals surface area contributed by atoms with Crippen molar-refractivity contribution in [2.24, 2.45) is 0 Å². The summed E-state index contributed by atoms with van der Waals surface area (Å²) < 4.78 is 12.9. The van der Waals surface area contributed by atoms with E-state index in [1.165, 1.54) is 12.1 Å². The zero-order chi connectivity index (χ0) is 18.5. The van der Waals surface area contributed by atoms with Gasteiger partial charge in [0.25, 0.3) is 0 Å². The minimum atomic E-state index is -0.422. The molecule has 3 rings (SSSR count). The SMILES string of the molecule is CC(Nc1ccc(N2CCCC2=O)cc1)C(=O)NCc1ccc(F)cc1. The van der Waals surface area contributed by atoms with Gasteiger partial charge in [-0.25, -0.2) is 4.39 Å². The number of hydrogen-bond acceptors (Lipinski definition) is 3. The second-order valence-corrected chi connectivity index (χ2v) is 6.41. The summed E-state index contributed by atoms with van der Waals surface area (Å²) in [6, 6.07) is 13.1. The summed E-state index contributed by atoms with van der Waals surface area (Å²) >= 11 is 0. The molecule has 0 bridgehead atoms. The highest BCUT2D eigenvalue weighted by atomic mass is 19.1. The molecule has 0 aromatic heterocycles. The molecule has 1 atom stereocenters. The van der Waals surface area contributed by atoms with Crippen molar-refractivity contribution in [2.45, 2.75) is 32.4 Å². The van der Waals surface area contributed by atoms with Crippen LogP contribution in [0.2, 0.25) is 0 Å². The summed E-state index contributed by atoms with van der Waals surface area (Å²) in [5, 5.41) is 5.96. The third-order valence-corrected chi connectivity index (χ3v) is 4.41. The summed E-state index contributed by atoms with van der Waals surface area (Å²) in [4.78, 5) is 25.8. The summed E-state index contributed by atoms with van der Waals surface area (Å²) in [5.41, 5.74) is 2.53. The van der Waals surface area contributed by atoms with E-state index in [4.69, 9.17) is 0 Å². The monoisotopic (exact) mass is 355 g/mol.